The van der Waals surface area contributed by atoms with E-state index < -0.39 is 29.3 Å². The van der Waals surface area contributed by atoms with Gasteiger partial charge in [-0.05, 0) is 37.6 Å². The van der Waals surface area contributed by atoms with Gasteiger partial charge in [0.05, 0.1) is 10.8 Å². The standard InChI is InChI=1S/C21H20ClN3O6/c1-12-4-6-16(9-17(12)22)24-10-14(7-20(24)27)21(28)31-11-19(26)23-15-5-3-13(2)18(8-15)25(29)30/h3-6,8-9,14H,7,10-11H2,1-2H3,(H,23,26)/t14-/m0/s1. The second-order valence-electron chi connectivity index (χ2n) is 7.25. The van der Waals surface area contributed by atoms with Crippen molar-refractivity contribution in [3.8, 4) is 0 Å². The van der Waals surface area contributed by atoms with Gasteiger partial charge in [-0.3, -0.25) is 24.5 Å². The van der Waals surface area contributed by atoms with E-state index in [4.69, 9.17) is 16.3 Å². The number of rotatable bonds is 6. The zero-order chi connectivity index (χ0) is 22.7. The third-order valence-electron chi connectivity index (χ3n) is 4.96. The number of ether oxygens (including phenoxy) is 1. The summed E-state index contributed by atoms with van der Waals surface area (Å²) in [5.41, 5.74) is 2.01. The smallest absolute Gasteiger partial charge is 0.311 e. The molecule has 1 aliphatic rings. The van der Waals surface area contributed by atoms with Gasteiger partial charge in [0.15, 0.2) is 6.61 Å². The molecule has 0 bridgehead atoms. The van der Waals surface area contributed by atoms with Crippen molar-refractivity contribution in [2.75, 3.05) is 23.4 Å². The largest absolute Gasteiger partial charge is 0.455 e. The van der Waals surface area contributed by atoms with Crippen molar-refractivity contribution < 1.29 is 24.0 Å². The summed E-state index contributed by atoms with van der Waals surface area (Å²) >= 11 is 6.11. The first-order valence-electron chi connectivity index (χ1n) is 9.43. The number of nitro benzene ring substituents is 1. The number of carbonyl (C=O) groups is 3. The zero-order valence-electron chi connectivity index (χ0n) is 16.9. The second kappa shape index (κ2) is 9.13. The zero-order valence-corrected chi connectivity index (χ0v) is 17.6. The van der Waals surface area contributed by atoms with Gasteiger partial charge in [-0.2, -0.15) is 0 Å². The van der Waals surface area contributed by atoms with Crippen molar-refractivity contribution in [3.63, 3.8) is 0 Å². The van der Waals surface area contributed by atoms with Gasteiger partial charge in [-0.1, -0.05) is 23.7 Å². The van der Waals surface area contributed by atoms with Crippen LogP contribution in [0.25, 0.3) is 0 Å². The molecule has 31 heavy (non-hydrogen) atoms. The van der Waals surface area contributed by atoms with Crippen LogP contribution in [0, 0.1) is 29.9 Å². The Balaban J connectivity index is 1.55. The van der Waals surface area contributed by atoms with Crippen LogP contribution in [0.1, 0.15) is 17.5 Å². The number of halogens is 1. The van der Waals surface area contributed by atoms with Crippen LogP contribution >= 0.6 is 11.6 Å². The molecule has 1 atom stereocenters. The number of hydrogen-bond acceptors (Lipinski definition) is 6. The first-order chi connectivity index (χ1) is 14.7. The van der Waals surface area contributed by atoms with Gasteiger partial charge >= 0.3 is 5.97 Å². The number of hydrogen-bond donors (Lipinski definition) is 1. The Kier molecular flexibility index (Phi) is 6.55. The van der Waals surface area contributed by atoms with Crippen molar-refractivity contribution in [2.24, 2.45) is 5.92 Å². The Bertz CT molecular complexity index is 1070. The molecule has 1 N–H and O–H groups in total. The summed E-state index contributed by atoms with van der Waals surface area (Å²) in [5.74, 6) is -2.25. The van der Waals surface area contributed by atoms with E-state index in [0.717, 1.165) is 5.56 Å². The molecule has 0 spiro atoms. The van der Waals surface area contributed by atoms with Gasteiger partial charge in [0.1, 0.15) is 0 Å². The van der Waals surface area contributed by atoms with Crippen molar-refractivity contribution in [2.45, 2.75) is 20.3 Å². The maximum atomic E-state index is 12.3. The van der Waals surface area contributed by atoms with Crippen LogP contribution in [0.5, 0.6) is 0 Å². The van der Waals surface area contributed by atoms with E-state index in [1.54, 1.807) is 25.1 Å². The minimum absolute atomic E-state index is 0.0316. The Morgan fingerprint density at radius 1 is 1.23 bits per heavy atom. The highest BCUT2D eigenvalue weighted by Gasteiger charge is 2.36. The minimum Gasteiger partial charge on any atom is -0.455 e. The van der Waals surface area contributed by atoms with E-state index >= 15 is 0 Å². The number of anilines is 2. The van der Waals surface area contributed by atoms with Crippen LogP contribution in [0.4, 0.5) is 17.1 Å². The van der Waals surface area contributed by atoms with Crippen LogP contribution in [0.3, 0.4) is 0 Å². The van der Waals surface area contributed by atoms with E-state index in [1.165, 1.54) is 23.1 Å². The SMILES string of the molecule is Cc1ccc(N2C[C@@H](C(=O)OCC(=O)Nc3ccc(C)c([N+](=O)[O-])c3)CC2=O)cc1Cl. The number of carbonyl (C=O) groups excluding carboxylic acids is 3. The van der Waals surface area contributed by atoms with Gasteiger partial charge in [0.25, 0.3) is 11.6 Å². The second-order valence-corrected chi connectivity index (χ2v) is 7.66. The third-order valence-corrected chi connectivity index (χ3v) is 5.37. The average molecular weight is 446 g/mol. The molecule has 2 aromatic rings. The topological polar surface area (TPSA) is 119 Å². The highest BCUT2D eigenvalue weighted by molar-refractivity contribution is 6.31. The number of nitrogens with one attached hydrogen (secondary N) is 1. The summed E-state index contributed by atoms with van der Waals surface area (Å²) < 4.78 is 5.05. The summed E-state index contributed by atoms with van der Waals surface area (Å²) in [7, 11) is 0. The Hall–Kier alpha value is -3.46. The highest BCUT2D eigenvalue weighted by atomic mass is 35.5. The molecule has 2 aromatic carbocycles. The number of amides is 2. The first kappa shape index (κ1) is 22.2. The molecule has 1 aliphatic heterocycles. The van der Waals surface area contributed by atoms with Crippen molar-refractivity contribution in [1.82, 2.24) is 0 Å². The molecule has 10 heteroatoms. The molecule has 0 saturated carbocycles. The molecule has 1 fully saturated rings. The molecule has 1 saturated heterocycles. The fourth-order valence-corrected chi connectivity index (χ4v) is 3.37. The summed E-state index contributed by atoms with van der Waals surface area (Å²) in [5, 5.41) is 14.0. The summed E-state index contributed by atoms with van der Waals surface area (Å²) in [6.45, 7) is 2.99. The van der Waals surface area contributed by atoms with Crippen LogP contribution in [0.2, 0.25) is 5.02 Å². The Morgan fingerprint density at radius 2 is 1.94 bits per heavy atom. The lowest BCUT2D eigenvalue weighted by atomic mass is 10.1. The van der Waals surface area contributed by atoms with E-state index in [2.05, 4.69) is 5.32 Å². The third kappa shape index (κ3) is 5.18. The van der Waals surface area contributed by atoms with Gasteiger partial charge in [-0.15, -0.1) is 0 Å². The van der Waals surface area contributed by atoms with E-state index in [0.29, 0.717) is 16.3 Å². The lowest BCUT2D eigenvalue weighted by Crippen LogP contribution is -2.28. The number of esters is 1. The van der Waals surface area contributed by atoms with Gasteiger partial charge in [0.2, 0.25) is 5.91 Å². The van der Waals surface area contributed by atoms with Crippen molar-refractivity contribution >= 4 is 46.4 Å². The van der Waals surface area contributed by atoms with Crippen LogP contribution in [0.15, 0.2) is 36.4 Å². The van der Waals surface area contributed by atoms with Gasteiger partial charge in [0, 0.05) is 41.0 Å². The molecule has 3 rings (SSSR count). The Morgan fingerprint density at radius 3 is 2.61 bits per heavy atom. The van der Waals surface area contributed by atoms with E-state index in [-0.39, 0.29) is 30.2 Å². The van der Waals surface area contributed by atoms with Gasteiger partial charge < -0.3 is 15.0 Å². The number of aryl methyl sites for hydroxylation is 2. The van der Waals surface area contributed by atoms with Crippen LogP contribution in [-0.2, 0) is 19.1 Å². The summed E-state index contributed by atoms with van der Waals surface area (Å²) in [6, 6.07) is 9.46. The number of benzene rings is 2. The molecule has 0 aliphatic carbocycles. The maximum absolute atomic E-state index is 12.3. The van der Waals surface area contributed by atoms with E-state index in [9.17, 15) is 24.5 Å². The lowest BCUT2D eigenvalue weighted by molar-refractivity contribution is -0.385. The highest BCUT2D eigenvalue weighted by Crippen LogP contribution is 2.29. The molecule has 0 aromatic heterocycles. The quantitative estimate of drug-likeness (QED) is 0.413. The summed E-state index contributed by atoms with van der Waals surface area (Å²) in [6.07, 6.45) is -0.0316. The fraction of sp³-hybridized carbons (Fsp3) is 0.286. The predicted molar refractivity (Wildman–Crippen MR) is 114 cm³/mol. The van der Waals surface area contributed by atoms with E-state index in [1.807, 2.05) is 6.92 Å². The molecule has 1 heterocycles. The predicted octanol–water partition coefficient (Wildman–Crippen LogP) is 3.40. The average Bonchev–Trinajstić information content (AvgIpc) is 3.11. The molecule has 0 radical (unpaired) electrons. The fourth-order valence-electron chi connectivity index (χ4n) is 3.20. The van der Waals surface area contributed by atoms with Crippen LogP contribution < -0.4 is 10.2 Å². The molecule has 2 amide bonds. The molecule has 162 valence electrons. The van der Waals surface area contributed by atoms with Gasteiger partial charge in [-0.25, -0.2) is 0 Å². The molecular formula is C21H20ClN3O6. The first-order valence-corrected chi connectivity index (χ1v) is 9.81. The normalized spacial score (nSPS) is 15.6. The van der Waals surface area contributed by atoms with Crippen molar-refractivity contribution in [3.05, 3.63) is 62.7 Å². The molecule has 9 nitrogen and oxygen atoms in total. The molecular weight excluding hydrogens is 426 g/mol. The Labute approximate surface area is 183 Å². The maximum Gasteiger partial charge on any atom is 0.311 e. The minimum atomic E-state index is -0.708. The van der Waals surface area contributed by atoms with Crippen molar-refractivity contribution in [1.29, 1.82) is 0 Å². The lowest BCUT2D eigenvalue weighted by Gasteiger charge is -2.17. The monoisotopic (exact) mass is 445 g/mol. The molecule has 0 unspecified atom stereocenters. The van der Waals surface area contributed by atoms with Crippen LogP contribution in [-0.4, -0.2) is 35.9 Å². The number of nitrogens with zero attached hydrogens (tertiary/aromatic N) is 2. The summed E-state index contributed by atoms with van der Waals surface area (Å²) in [4.78, 5) is 48.6. The number of nitro groups is 1.